The van der Waals surface area contributed by atoms with Gasteiger partial charge in [-0.05, 0) is 76.0 Å². The molecule has 4 atom stereocenters. The molecule has 3 aliphatic heterocycles. The molecule has 3 saturated heterocycles. The van der Waals surface area contributed by atoms with Crippen LogP contribution in [0.1, 0.15) is 64.0 Å². The summed E-state index contributed by atoms with van der Waals surface area (Å²) in [5.74, 6) is 1.67. The van der Waals surface area contributed by atoms with Crippen molar-refractivity contribution in [2.45, 2.75) is 76.9 Å². The maximum Gasteiger partial charge on any atom is 0.227 e. The molecular weight excluding hydrogens is 394 g/mol. The third kappa shape index (κ3) is 3.34. The van der Waals surface area contributed by atoms with Crippen molar-refractivity contribution in [3.05, 3.63) is 47.7 Å². The predicted octanol–water partition coefficient (Wildman–Crippen LogP) is 5.19. The summed E-state index contributed by atoms with van der Waals surface area (Å²) in [6, 6.07) is 10.1. The zero-order valence-corrected chi connectivity index (χ0v) is 19.7. The van der Waals surface area contributed by atoms with Crippen LogP contribution < -0.4 is 0 Å². The number of rotatable bonds is 3. The Balaban J connectivity index is 1.28. The van der Waals surface area contributed by atoms with Crippen molar-refractivity contribution in [1.29, 1.82) is 0 Å². The van der Waals surface area contributed by atoms with E-state index in [9.17, 15) is 4.79 Å². The normalized spacial score (nSPS) is 30.2. The molecule has 0 saturated carbocycles. The molecule has 0 unspecified atom stereocenters. The van der Waals surface area contributed by atoms with Gasteiger partial charge in [-0.3, -0.25) is 9.69 Å². The van der Waals surface area contributed by atoms with E-state index in [1.165, 1.54) is 61.7 Å². The van der Waals surface area contributed by atoms with E-state index in [1.54, 1.807) is 5.57 Å². The second-order valence-corrected chi connectivity index (χ2v) is 10.9. The van der Waals surface area contributed by atoms with Crippen LogP contribution in [-0.2, 0) is 11.2 Å². The second kappa shape index (κ2) is 8.06. The number of nitrogens with zero attached hydrogens (tertiary/aromatic N) is 3. The molecule has 0 radical (unpaired) electrons. The summed E-state index contributed by atoms with van der Waals surface area (Å²) in [6.07, 6.45) is 13.1. The summed E-state index contributed by atoms with van der Waals surface area (Å²) in [7, 11) is 0. The molecule has 1 aliphatic carbocycles. The lowest BCUT2D eigenvalue weighted by Gasteiger charge is -2.54. The molecule has 1 aromatic carbocycles. The molecule has 2 aromatic rings. The second-order valence-electron chi connectivity index (χ2n) is 10.9. The van der Waals surface area contributed by atoms with E-state index in [4.69, 9.17) is 0 Å². The molecule has 1 amide bonds. The van der Waals surface area contributed by atoms with E-state index in [0.717, 1.165) is 24.9 Å². The number of hydrogen-bond donors (Lipinski definition) is 0. The van der Waals surface area contributed by atoms with Crippen molar-refractivity contribution in [3.63, 3.8) is 0 Å². The molecule has 4 aliphatic rings. The average Bonchev–Trinajstić information content (AvgIpc) is 3.17. The Hall–Kier alpha value is -2.07. The molecule has 0 N–H and O–H groups in total. The van der Waals surface area contributed by atoms with E-state index in [0.29, 0.717) is 30.3 Å². The van der Waals surface area contributed by atoms with Gasteiger partial charge in [-0.1, -0.05) is 36.3 Å². The number of benzene rings is 1. The van der Waals surface area contributed by atoms with Crippen LogP contribution in [-0.4, -0.2) is 52.0 Å². The Labute approximate surface area is 192 Å². The van der Waals surface area contributed by atoms with Crippen molar-refractivity contribution in [3.8, 4) is 0 Å². The number of amides is 1. The van der Waals surface area contributed by atoms with Gasteiger partial charge in [-0.25, -0.2) is 0 Å². The smallest absolute Gasteiger partial charge is 0.227 e. The van der Waals surface area contributed by atoms with Gasteiger partial charge in [0.25, 0.3) is 0 Å². The highest BCUT2D eigenvalue weighted by Crippen LogP contribution is 2.45. The topological polar surface area (TPSA) is 28.5 Å². The van der Waals surface area contributed by atoms with Gasteiger partial charge in [0.1, 0.15) is 0 Å². The summed E-state index contributed by atoms with van der Waals surface area (Å²) < 4.78 is 2.32. The zero-order valence-electron chi connectivity index (χ0n) is 19.7. The highest BCUT2D eigenvalue weighted by atomic mass is 16.2. The number of fused-ring (bicyclic) bond motifs is 7. The fourth-order valence-corrected chi connectivity index (χ4v) is 7.36. The summed E-state index contributed by atoms with van der Waals surface area (Å²) in [5.41, 5.74) is 4.01. The molecule has 0 spiro atoms. The van der Waals surface area contributed by atoms with E-state index >= 15 is 0 Å². The lowest BCUT2D eigenvalue weighted by Crippen LogP contribution is -2.60. The van der Waals surface area contributed by atoms with Gasteiger partial charge in [0.15, 0.2) is 0 Å². The fraction of sp³-hybridized carbons (Fsp3) is 0.607. The van der Waals surface area contributed by atoms with Gasteiger partial charge in [0, 0.05) is 42.3 Å². The van der Waals surface area contributed by atoms with Gasteiger partial charge < -0.3 is 9.47 Å². The molecule has 4 nitrogen and oxygen atoms in total. The van der Waals surface area contributed by atoms with Crippen molar-refractivity contribution in [2.24, 2.45) is 11.8 Å². The molecule has 3 fully saturated rings. The lowest BCUT2D eigenvalue weighted by atomic mass is 9.68. The Kier molecular flexibility index (Phi) is 5.17. The zero-order chi connectivity index (χ0) is 21.8. The summed E-state index contributed by atoms with van der Waals surface area (Å²) in [6.45, 7) is 7.81. The van der Waals surface area contributed by atoms with Crippen LogP contribution in [0.25, 0.3) is 10.9 Å². The maximum absolute atomic E-state index is 13.8. The van der Waals surface area contributed by atoms with Crippen molar-refractivity contribution < 1.29 is 4.79 Å². The highest BCUT2D eigenvalue weighted by Gasteiger charge is 2.46. The van der Waals surface area contributed by atoms with E-state index < -0.39 is 0 Å². The molecule has 4 heterocycles. The molecule has 6 rings (SSSR count). The SMILES string of the molecule is CC(C)n1cc(CC(=O)N2CCCC3=C[C@H]4C[C@@H](CN5CCCC[C@H]45)[C@@H]32)c2ccccc21. The summed E-state index contributed by atoms with van der Waals surface area (Å²) in [5, 5.41) is 1.24. The van der Waals surface area contributed by atoms with Gasteiger partial charge in [-0.15, -0.1) is 0 Å². The average molecular weight is 432 g/mol. The quantitative estimate of drug-likeness (QED) is 0.626. The Morgan fingerprint density at radius 2 is 2.00 bits per heavy atom. The van der Waals surface area contributed by atoms with Crippen molar-refractivity contribution in [2.75, 3.05) is 19.6 Å². The first kappa shape index (κ1) is 20.5. The fourth-order valence-electron chi connectivity index (χ4n) is 7.36. The highest BCUT2D eigenvalue weighted by molar-refractivity contribution is 5.89. The van der Waals surface area contributed by atoms with Gasteiger partial charge in [0.05, 0.1) is 12.5 Å². The Bertz CT molecular complexity index is 1050. The first-order valence-electron chi connectivity index (χ1n) is 12.9. The molecular formula is C28H37N3O. The number of likely N-dealkylation sites (tertiary alicyclic amines) is 1. The minimum Gasteiger partial charge on any atom is -0.345 e. The Morgan fingerprint density at radius 1 is 1.12 bits per heavy atom. The molecule has 2 bridgehead atoms. The van der Waals surface area contributed by atoms with Crippen LogP contribution in [0.2, 0.25) is 0 Å². The number of aromatic nitrogens is 1. The van der Waals surface area contributed by atoms with Gasteiger partial charge >= 0.3 is 0 Å². The minimum atomic E-state index is 0.325. The van der Waals surface area contributed by atoms with Crippen LogP contribution in [0.5, 0.6) is 0 Å². The third-order valence-electron chi connectivity index (χ3n) is 8.70. The van der Waals surface area contributed by atoms with Crippen LogP contribution >= 0.6 is 0 Å². The predicted molar refractivity (Wildman–Crippen MR) is 130 cm³/mol. The van der Waals surface area contributed by atoms with E-state index in [2.05, 4.69) is 64.8 Å². The van der Waals surface area contributed by atoms with Crippen LogP contribution in [0, 0.1) is 11.8 Å². The lowest BCUT2D eigenvalue weighted by molar-refractivity contribution is -0.135. The van der Waals surface area contributed by atoms with Crippen molar-refractivity contribution >= 4 is 16.8 Å². The molecule has 4 heteroatoms. The van der Waals surface area contributed by atoms with E-state index in [-0.39, 0.29) is 0 Å². The monoisotopic (exact) mass is 431 g/mol. The third-order valence-corrected chi connectivity index (χ3v) is 8.70. The summed E-state index contributed by atoms with van der Waals surface area (Å²) in [4.78, 5) is 18.8. The van der Waals surface area contributed by atoms with Gasteiger partial charge in [0.2, 0.25) is 5.91 Å². The molecule has 170 valence electrons. The molecule has 32 heavy (non-hydrogen) atoms. The van der Waals surface area contributed by atoms with Crippen molar-refractivity contribution in [1.82, 2.24) is 14.4 Å². The number of para-hydroxylation sites is 1. The van der Waals surface area contributed by atoms with Crippen LogP contribution in [0.3, 0.4) is 0 Å². The first-order chi connectivity index (χ1) is 15.6. The standard InChI is InChI=1S/C28H37N3O/c1-19(2)31-18-22(24-9-3-4-11-26(24)31)16-27(32)30-13-7-8-20-14-21-15-23(28(20)30)17-29-12-6-5-10-25(21)29/h3-4,9,11,14,18-19,21,23,25,28H,5-8,10,12-13,15-17H2,1-2H3/t21-,23-,25+,28+/m0/s1. The van der Waals surface area contributed by atoms with Gasteiger partial charge in [-0.2, -0.15) is 0 Å². The Morgan fingerprint density at radius 3 is 2.88 bits per heavy atom. The van der Waals surface area contributed by atoms with Crippen LogP contribution in [0.15, 0.2) is 42.1 Å². The first-order valence-corrected chi connectivity index (χ1v) is 12.9. The minimum absolute atomic E-state index is 0.325. The number of piperidine rings is 3. The summed E-state index contributed by atoms with van der Waals surface area (Å²) >= 11 is 0. The maximum atomic E-state index is 13.8. The number of carbonyl (C=O) groups is 1. The molecule has 1 aromatic heterocycles. The van der Waals surface area contributed by atoms with Crippen LogP contribution in [0.4, 0.5) is 0 Å². The van der Waals surface area contributed by atoms with E-state index in [1.807, 2.05) is 0 Å². The number of hydrogen-bond acceptors (Lipinski definition) is 2. The number of carbonyl (C=O) groups excluding carboxylic acids is 1. The largest absolute Gasteiger partial charge is 0.345 e.